The van der Waals surface area contributed by atoms with Gasteiger partial charge in [0.25, 0.3) is 11.8 Å². The molecule has 1 aliphatic carbocycles. The first-order valence-corrected chi connectivity index (χ1v) is 11.8. The number of rotatable bonds is 6. The van der Waals surface area contributed by atoms with E-state index in [0.29, 0.717) is 21.3 Å². The zero-order chi connectivity index (χ0) is 24.2. The predicted octanol–water partition coefficient (Wildman–Crippen LogP) is 4.52. The van der Waals surface area contributed by atoms with Crippen LogP contribution in [0.4, 0.5) is 4.79 Å². The zero-order valence-corrected chi connectivity index (χ0v) is 19.8. The highest BCUT2D eigenvalue weighted by Crippen LogP contribution is 2.30. The van der Waals surface area contributed by atoms with Gasteiger partial charge >= 0.3 is 12.0 Å². The van der Waals surface area contributed by atoms with Gasteiger partial charge in [0.2, 0.25) is 0 Å². The number of amides is 4. The smallest absolute Gasteiger partial charge is 0.335 e. The van der Waals surface area contributed by atoms with Crippen molar-refractivity contribution in [2.24, 2.45) is 0 Å². The van der Waals surface area contributed by atoms with E-state index in [1.54, 1.807) is 36.4 Å². The number of ether oxygens (including phenoxy) is 1. The summed E-state index contributed by atoms with van der Waals surface area (Å²) in [4.78, 5) is 50.1. The van der Waals surface area contributed by atoms with Crippen LogP contribution in [0.3, 0.4) is 0 Å². The number of carboxylic acids is 1. The molecule has 4 rings (SSSR count). The Kier molecular flexibility index (Phi) is 7.12. The molecule has 176 valence electrons. The van der Waals surface area contributed by atoms with E-state index in [2.05, 4.69) is 21.2 Å². The average molecular weight is 527 g/mol. The van der Waals surface area contributed by atoms with E-state index < -0.39 is 23.8 Å². The van der Waals surface area contributed by atoms with Gasteiger partial charge < -0.3 is 9.84 Å². The number of benzene rings is 2. The van der Waals surface area contributed by atoms with Gasteiger partial charge in [0.1, 0.15) is 17.9 Å². The van der Waals surface area contributed by atoms with Crippen LogP contribution in [0, 0.1) is 0 Å². The van der Waals surface area contributed by atoms with E-state index in [1.165, 1.54) is 17.0 Å². The molecule has 2 aliphatic rings. The predicted molar refractivity (Wildman–Crippen MR) is 127 cm³/mol. The highest BCUT2D eigenvalue weighted by Gasteiger charge is 2.40. The van der Waals surface area contributed by atoms with Gasteiger partial charge in [-0.25, -0.2) is 9.59 Å². The number of carbonyl (C=O) groups is 4. The largest absolute Gasteiger partial charge is 0.488 e. The first-order valence-electron chi connectivity index (χ1n) is 11.0. The molecule has 0 unspecified atom stereocenters. The van der Waals surface area contributed by atoms with Crippen molar-refractivity contribution in [3.8, 4) is 5.75 Å². The Bertz CT molecular complexity index is 1190. The molecule has 0 atom stereocenters. The van der Waals surface area contributed by atoms with Crippen LogP contribution in [-0.4, -0.2) is 39.9 Å². The van der Waals surface area contributed by atoms with Crippen LogP contribution in [0.25, 0.3) is 6.08 Å². The van der Waals surface area contributed by atoms with Crippen LogP contribution in [0.2, 0.25) is 0 Å². The molecule has 9 heteroatoms. The van der Waals surface area contributed by atoms with Crippen LogP contribution in [0.1, 0.15) is 53.6 Å². The Morgan fingerprint density at radius 1 is 1.12 bits per heavy atom. The van der Waals surface area contributed by atoms with Crippen molar-refractivity contribution in [2.75, 3.05) is 0 Å². The lowest BCUT2D eigenvalue weighted by Gasteiger charge is -2.35. The summed E-state index contributed by atoms with van der Waals surface area (Å²) in [5.74, 6) is -1.78. The molecule has 1 heterocycles. The van der Waals surface area contributed by atoms with Gasteiger partial charge in [0.05, 0.1) is 10.0 Å². The Labute approximate surface area is 204 Å². The summed E-state index contributed by atoms with van der Waals surface area (Å²) in [5, 5.41) is 11.4. The Hall–Kier alpha value is -3.46. The molecule has 34 heavy (non-hydrogen) atoms. The van der Waals surface area contributed by atoms with Gasteiger partial charge in [-0.05, 0) is 70.2 Å². The number of barbiturate groups is 1. The molecule has 8 nitrogen and oxygen atoms in total. The summed E-state index contributed by atoms with van der Waals surface area (Å²) < 4.78 is 6.39. The maximum Gasteiger partial charge on any atom is 0.335 e. The van der Waals surface area contributed by atoms with Crippen LogP contribution in [0.5, 0.6) is 5.75 Å². The summed E-state index contributed by atoms with van der Waals surface area (Å²) in [7, 11) is 0. The number of urea groups is 1. The summed E-state index contributed by atoms with van der Waals surface area (Å²) in [6.45, 7) is 0.166. The second kappa shape index (κ2) is 10.2. The van der Waals surface area contributed by atoms with Crippen molar-refractivity contribution in [1.29, 1.82) is 0 Å². The number of aromatic carboxylic acids is 1. The maximum atomic E-state index is 13.0. The molecule has 1 aliphatic heterocycles. The number of nitrogens with one attached hydrogen (secondary N) is 1. The highest BCUT2D eigenvalue weighted by atomic mass is 79.9. The molecule has 4 amide bonds. The third-order valence-electron chi connectivity index (χ3n) is 5.91. The van der Waals surface area contributed by atoms with Gasteiger partial charge in [0, 0.05) is 6.04 Å². The first kappa shape index (κ1) is 23.7. The Morgan fingerprint density at radius 2 is 1.88 bits per heavy atom. The van der Waals surface area contributed by atoms with Crippen molar-refractivity contribution >= 4 is 45.8 Å². The van der Waals surface area contributed by atoms with E-state index in [0.717, 1.165) is 32.1 Å². The van der Waals surface area contributed by atoms with Crippen LogP contribution >= 0.6 is 15.9 Å². The molecule has 0 radical (unpaired) electrons. The molecule has 1 saturated carbocycles. The fourth-order valence-corrected chi connectivity index (χ4v) is 4.70. The molecule has 0 bridgehead atoms. The fourth-order valence-electron chi connectivity index (χ4n) is 4.19. The summed E-state index contributed by atoms with van der Waals surface area (Å²) in [6.07, 6.45) is 5.93. The van der Waals surface area contributed by atoms with Gasteiger partial charge in [-0.3, -0.25) is 19.8 Å². The number of hydrogen-bond donors (Lipinski definition) is 2. The topological polar surface area (TPSA) is 113 Å². The third kappa shape index (κ3) is 5.20. The minimum absolute atomic E-state index is 0.0868. The number of nitrogens with zero attached hydrogens (tertiary/aromatic N) is 1. The quantitative estimate of drug-likeness (QED) is 0.422. The van der Waals surface area contributed by atoms with Crippen molar-refractivity contribution in [2.45, 2.75) is 44.8 Å². The molecule has 2 N–H and O–H groups in total. The SMILES string of the molecule is O=C1NC(=O)N(C2CCCCC2)C(=O)C1=Cc1ccc(OCc2cccc(C(=O)O)c2)c(Br)c1. The Balaban J connectivity index is 1.50. The highest BCUT2D eigenvalue weighted by molar-refractivity contribution is 9.10. The van der Waals surface area contributed by atoms with Crippen molar-refractivity contribution < 1.29 is 29.0 Å². The molecule has 2 aromatic carbocycles. The molecule has 0 spiro atoms. The van der Waals surface area contributed by atoms with E-state index in [-0.39, 0.29) is 23.8 Å². The number of carbonyl (C=O) groups excluding carboxylic acids is 3. The van der Waals surface area contributed by atoms with Gasteiger partial charge in [-0.15, -0.1) is 0 Å². The molecular weight excluding hydrogens is 504 g/mol. The summed E-state index contributed by atoms with van der Waals surface area (Å²) >= 11 is 3.44. The van der Waals surface area contributed by atoms with E-state index >= 15 is 0 Å². The standard InChI is InChI=1S/C25H23BrN2O6/c26-20-13-15(9-10-21(20)34-14-16-5-4-6-17(11-16)24(31)32)12-19-22(29)27-25(33)28(23(19)30)18-7-2-1-3-8-18/h4-6,9-13,18H,1-3,7-8,14H2,(H,31,32)(H,27,29,33). The maximum absolute atomic E-state index is 13.0. The van der Waals surface area contributed by atoms with E-state index in [1.807, 2.05) is 0 Å². The number of imide groups is 2. The van der Waals surface area contributed by atoms with Crippen molar-refractivity contribution in [3.05, 3.63) is 69.2 Å². The first-order chi connectivity index (χ1) is 16.3. The number of carboxylic acid groups (broad SMARTS) is 1. The molecular formula is C25H23BrN2O6. The summed E-state index contributed by atoms with van der Waals surface area (Å²) in [5.41, 5.74) is 1.38. The normalized spacial score (nSPS) is 18.2. The third-order valence-corrected chi connectivity index (χ3v) is 6.53. The van der Waals surface area contributed by atoms with Crippen LogP contribution in [0.15, 0.2) is 52.5 Å². The van der Waals surface area contributed by atoms with Crippen LogP contribution < -0.4 is 10.1 Å². The van der Waals surface area contributed by atoms with Crippen LogP contribution in [-0.2, 0) is 16.2 Å². The second-order valence-corrected chi connectivity index (χ2v) is 9.12. The molecule has 1 saturated heterocycles. The Morgan fingerprint density at radius 3 is 2.59 bits per heavy atom. The van der Waals surface area contributed by atoms with Crippen molar-refractivity contribution in [1.82, 2.24) is 10.2 Å². The number of halogens is 1. The second-order valence-electron chi connectivity index (χ2n) is 8.27. The van der Waals surface area contributed by atoms with E-state index in [4.69, 9.17) is 9.84 Å². The molecule has 2 fully saturated rings. The minimum atomic E-state index is -1.01. The van der Waals surface area contributed by atoms with Crippen molar-refractivity contribution in [3.63, 3.8) is 0 Å². The lowest BCUT2D eigenvalue weighted by atomic mass is 9.93. The fraction of sp³-hybridized carbons (Fsp3) is 0.280. The number of hydrogen-bond acceptors (Lipinski definition) is 5. The monoisotopic (exact) mass is 526 g/mol. The lowest BCUT2D eigenvalue weighted by molar-refractivity contribution is -0.132. The summed E-state index contributed by atoms with van der Waals surface area (Å²) in [6, 6.07) is 10.7. The van der Waals surface area contributed by atoms with Gasteiger partial charge in [-0.2, -0.15) is 0 Å². The minimum Gasteiger partial charge on any atom is -0.488 e. The molecule has 0 aromatic heterocycles. The van der Waals surface area contributed by atoms with E-state index in [9.17, 15) is 19.2 Å². The van der Waals surface area contributed by atoms with Gasteiger partial charge in [-0.1, -0.05) is 37.5 Å². The lowest BCUT2D eigenvalue weighted by Crippen LogP contribution is -2.58. The average Bonchev–Trinajstić information content (AvgIpc) is 2.82. The zero-order valence-electron chi connectivity index (χ0n) is 18.3. The van der Waals surface area contributed by atoms with Gasteiger partial charge in [0.15, 0.2) is 0 Å². The molecule has 2 aromatic rings.